The number of likely N-dealkylation sites (tertiary alicyclic amines) is 2. The second-order valence-corrected chi connectivity index (χ2v) is 6.62. The van der Waals surface area contributed by atoms with Crippen LogP contribution in [0.25, 0.3) is 0 Å². The zero-order valence-electron chi connectivity index (χ0n) is 11.8. The molecule has 0 radical (unpaired) electrons. The molecular formula is C15H19FN2O2S. The third kappa shape index (κ3) is 2.95. The number of hydrogen-bond acceptors (Lipinski definition) is 3. The van der Waals surface area contributed by atoms with Gasteiger partial charge in [-0.2, -0.15) is 0 Å². The molecule has 1 aromatic heterocycles. The van der Waals surface area contributed by atoms with Crippen molar-refractivity contribution in [2.75, 3.05) is 19.6 Å². The Hall–Kier alpha value is -1.43. The summed E-state index contributed by atoms with van der Waals surface area (Å²) in [5, 5.41) is 1.82. The van der Waals surface area contributed by atoms with Gasteiger partial charge in [-0.15, -0.1) is 11.3 Å². The molecule has 2 saturated heterocycles. The number of halogens is 1. The summed E-state index contributed by atoms with van der Waals surface area (Å²) in [6.07, 6.45) is 2.16. The monoisotopic (exact) mass is 310 g/mol. The topological polar surface area (TPSA) is 40.6 Å². The molecule has 0 spiro atoms. The summed E-state index contributed by atoms with van der Waals surface area (Å²) in [5.41, 5.74) is 0. The molecule has 4 nitrogen and oxygen atoms in total. The van der Waals surface area contributed by atoms with Crippen LogP contribution in [0.5, 0.6) is 0 Å². The summed E-state index contributed by atoms with van der Waals surface area (Å²) in [6, 6.07) is 2.89. The number of rotatable bonds is 2. The lowest BCUT2D eigenvalue weighted by Crippen LogP contribution is -2.49. The van der Waals surface area contributed by atoms with Crippen LogP contribution in [-0.4, -0.2) is 53.5 Å². The van der Waals surface area contributed by atoms with Crippen molar-refractivity contribution in [2.24, 2.45) is 0 Å². The van der Waals surface area contributed by atoms with Gasteiger partial charge in [0.2, 0.25) is 5.91 Å². The third-order valence-corrected chi connectivity index (χ3v) is 5.05. The van der Waals surface area contributed by atoms with Crippen LogP contribution < -0.4 is 0 Å². The smallest absolute Gasteiger partial charge is 0.264 e. The van der Waals surface area contributed by atoms with Crippen molar-refractivity contribution in [3.63, 3.8) is 0 Å². The molecule has 0 aliphatic carbocycles. The second-order valence-electron chi connectivity index (χ2n) is 5.67. The average molecular weight is 310 g/mol. The van der Waals surface area contributed by atoms with Crippen LogP contribution in [0, 0.1) is 0 Å². The fourth-order valence-electron chi connectivity index (χ4n) is 3.11. The van der Waals surface area contributed by atoms with Gasteiger partial charge in [-0.1, -0.05) is 6.07 Å². The van der Waals surface area contributed by atoms with E-state index in [1.54, 1.807) is 17.0 Å². The van der Waals surface area contributed by atoms with Gasteiger partial charge in [0.15, 0.2) is 0 Å². The minimum absolute atomic E-state index is 0.0287. The van der Waals surface area contributed by atoms with Crippen molar-refractivity contribution >= 4 is 23.2 Å². The van der Waals surface area contributed by atoms with E-state index in [9.17, 15) is 14.0 Å². The minimum atomic E-state index is -1.10. The van der Waals surface area contributed by atoms with E-state index >= 15 is 0 Å². The first-order chi connectivity index (χ1) is 10.2. The van der Waals surface area contributed by atoms with E-state index in [1.807, 2.05) is 5.38 Å². The molecule has 2 aliphatic rings. The van der Waals surface area contributed by atoms with Gasteiger partial charge in [0.1, 0.15) is 12.2 Å². The van der Waals surface area contributed by atoms with E-state index in [0.717, 1.165) is 32.4 Å². The lowest BCUT2D eigenvalue weighted by molar-refractivity contribution is -0.136. The quantitative estimate of drug-likeness (QED) is 0.841. The average Bonchev–Trinajstić information content (AvgIpc) is 3.16. The maximum absolute atomic E-state index is 13.8. The molecule has 1 aromatic rings. The van der Waals surface area contributed by atoms with Gasteiger partial charge in [-0.3, -0.25) is 9.59 Å². The van der Waals surface area contributed by atoms with Crippen molar-refractivity contribution in [3.05, 3.63) is 22.4 Å². The maximum atomic E-state index is 13.8. The van der Waals surface area contributed by atoms with Crippen LogP contribution in [0.1, 0.15) is 35.4 Å². The standard InChI is InChI=1S/C15H19FN2O2S/c16-11-9-12(14(19)17-6-2-1-3-7-17)18(10-11)15(20)13-5-4-8-21-13/h4-5,8,11-12H,1-3,6-7,9-10H2/t11-,12-/m0/s1. The van der Waals surface area contributed by atoms with E-state index in [4.69, 9.17) is 0 Å². The van der Waals surface area contributed by atoms with Gasteiger partial charge in [-0.05, 0) is 30.7 Å². The molecule has 6 heteroatoms. The molecule has 2 amide bonds. The number of amides is 2. The first kappa shape index (κ1) is 14.5. The summed E-state index contributed by atoms with van der Waals surface area (Å²) in [5.74, 6) is -0.305. The lowest BCUT2D eigenvalue weighted by atomic mass is 10.1. The van der Waals surface area contributed by atoms with Crippen molar-refractivity contribution in [1.29, 1.82) is 0 Å². The first-order valence-electron chi connectivity index (χ1n) is 7.44. The van der Waals surface area contributed by atoms with Crippen molar-refractivity contribution in [2.45, 2.75) is 37.9 Å². The largest absolute Gasteiger partial charge is 0.341 e. The number of carbonyl (C=O) groups excluding carboxylic acids is 2. The van der Waals surface area contributed by atoms with Crippen molar-refractivity contribution in [3.8, 4) is 0 Å². The minimum Gasteiger partial charge on any atom is -0.341 e. The third-order valence-electron chi connectivity index (χ3n) is 4.20. The summed E-state index contributed by atoms with van der Waals surface area (Å²) in [7, 11) is 0. The molecule has 0 unspecified atom stereocenters. The summed E-state index contributed by atoms with van der Waals surface area (Å²) in [4.78, 5) is 28.8. The predicted molar refractivity (Wildman–Crippen MR) is 79.1 cm³/mol. The van der Waals surface area contributed by atoms with Gasteiger partial charge in [0.25, 0.3) is 5.91 Å². The molecule has 2 fully saturated rings. The molecule has 0 aromatic carbocycles. The van der Waals surface area contributed by atoms with E-state index in [-0.39, 0.29) is 24.8 Å². The summed E-state index contributed by atoms with van der Waals surface area (Å²) >= 11 is 1.33. The number of alkyl halides is 1. The Morgan fingerprint density at radius 3 is 2.67 bits per heavy atom. The number of piperidine rings is 1. The SMILES string of the molecule is O=C([C@@H]1C[C@H](F)CN1C(=O)c1cccs1)N1CCCCC1. The van der Waals surface area contributed by atoms with Gasteiger partial charge < -0.3 is 9.80 Å². The highest BCUT2D eigenvalue weighted by Crippen LogP contribution is 2.26. The van der Waals surface area contributed by atoms with Crippen molar-refractivity contribution < 1.29 is 14.0 Å². The molecule has 2 atom stereocenters. The molecule has 0 saturated carbocycles. The zero-order valence-corrected chi connectivity index (χ0v) is 12.7. The molecule has 3 heterocycles. The molecule has 0 bridgehead atoms. The van der Waals surface area contributed by atoms with E-state index < -0.39 is 12.2 Å². The molecule has 2 aliphatic heterocycles. The normalized spacial score (nSPS) is 26.1. The van der Waals surface area contributed by atoms with Crippen LogP contribution in [0.2, 0.25) is 0 Å². The Bertz CT molecular complexity index is 514. The zero-order chi connectivity index (χ0) is 14.8. The Morgan fingerprint density at radius 1 is 1.24 bits per heavy atom. The van der Waals surface area contributed by atoms with E-state index in [1.165, 1.54) is 16.2 Å². The van der Waals surface area contributed by atoms with Gasteiger partial charge in [0.05, 0.1) is 11.4 Å². The Kier molecular flexibility index (Phi) is 4.24. The highest BCUT2D eigenvalue weighted by molar-refractivity contribution is 7.12. The molecule has 3 rings (SSSR count). The Morgan fingerprint density at radius 2 is 2.00 bits per heavy atom. The predicted octanol–water partition coefficient (Wildman–Crippen LogP) is 2.31. The fraction of sp³-hybridized carbons (Fsp3) is 0.600. The van der Waals surface area contributed by atoms with E-state index in [0.29, 0.717) is 4.88 Å². The first-order valence-corrected chi connectivity index (χ1v) is 8.32. The second kappa shape index (κ2) is 6.13. The molecular weight excluding hydrogens is 291 g/mol. The molecule has 114 valence electrons. The Balaban J connectivity index is 1.75. The number of thiophene rings is 1. The van der Waals surface area contributed by atoms with Crippen molar-refractivity contribution in [1.82, 2.24) is 9.80 Å². The summed E-state index contributed by atoms with van der Waals surface area (Å²) < 4.78 is 13.8. The summed E-state index contributed by atoms with van der Waals surface area (Å²) in [6.45, 7) is 1.49. The lowest BCUT2D eigenvalue weighted by Gasteiger charge is -2.32. The van der Waals surface area contributed by atoms with Crippen LogP contribution in [-0.2, 0) is 4.79 Å². The number of nitrogens with zero attached hydrogens (tertiary/aromatic N) is 2. The maximum Gasteiger partial charge on any atom is 0.264 e. The highest BCUT2D eigenvalue weighted by Gasteiger charge is 2.42. The van der Waals surface area contributed by atoms with E-state index in [2.05, 4.69) is 0 Å². The van der Waals surface area contributed by atoms with Gasteiger partial charge >= 0.3 is 0 Å². The van der Waals surface area contributed by atoms with Gasteiger partial charge in [0, 0.05) is 19.5 Å². The number of hydrogen-bond donors (Lipinski definition) is 0. The molecule has 0 N–H and O–H groups in total. The number of carbonyl (C=O) groups is 2. The van der Waals surface area contributed by atoms with Crippen LogP contribution >= 0.6 is 11.3 Å². The highest BCUT2D eigenvalue weighted by atomic mass is 32.1. The van der Waals surface area contributed by atoms with Crippen LogP contribution in [0.15, 0.2) is 17.5 Å². The van der Waals surface area contributed by atoms with Crippen LogP contribution in [0.3, 0.4) is 0 Å². The van der Waals surface area contributed by atoms with Crippen LogP contribution in [0.4, 0.5) is 4.39 Å². The fourth-order valence-corrected chi connectivity index (χ4v) is 3.79. The Labute approximate surface area is 127 Å². The molecule has 21 heavy (non-hydrogen) atoms. The van der Waals surface area contributed by atoms with Gasteiger partial charge in [-0.25, -0.2) is 4.39 Å².